The summed E-state index contributed by atoms with van der Waals surface area (Å²) in [5.74, 6) is -0.280. The summed E-state index contributed by atoms with van der Waals surface area (Å²) in [4.78, 5) is 12.0. The van der Waals surface area contributed by atoms with Crippen LogP contribution in [0.1, 0.15) is 36.0 Å². The number of hydrogen-bond acceptors (Lipinski definition) is 2. The lowest BCUT2D eigenvalue weighted by Gasteiger charge is -2.13. The molecule has 0 unspecified atom stereocenters. The summed E-state index contributed by atoms with van der Waals surface area (Å²) >= 11 is 0. The van der Waals surface area contributed by atoms with Crippen molar-refractivity contribution in [1.29, 1.82) is 0 Å². The third-order valence-corrected chi connectivity index (χ3v) is 3.10. The van der Waals surface area contributed by atoms with Crippen molar-refractivity contribution in [2.75, 3.05) is 7.11 Å². The van der Waals surface area contributed by atoms with E-state index >= 15 is 0 Å². The van der Waals surface area contributed by atoms with Crippen molar-refractivity contribution < 1.29 is 13.9 Å². The molecule has 0 bridgehead atoms. The molecule has 17 heavy (non-hydrogen) atoms. The lowest BCUT2D eigenvalue weighted by Crippen LogP contribution is -2.32. The summed E-state index contributed by atoms with van der Waals surface area (Å²) in [6, 6.07) is 4.18. The van der Waals surface area contributed by atoms with E-state index in [0.29, 0.717) is 5.75 Å². The highest BCUT2D eigenvalue weighted by molar-refractivity contribution is 5.97. The van der Waals surface area contributed by atoms with Crippen molar-refractivity contribution in [2.24, 2.45) is 0 Å². The van der Waals surface area contributed by atoms with E-state index in [1.54, 1.807) is 0 Å². The number of nitrogens with one attached hydrogen (secondary N) is 1. The minimum absolute atomic E-state index is 0.218. The minimum Gasteiger partial charge on any atom is -0.496 e. The van der Waals surface area contributed by atoms with Gasteiger partial charge in [-0.3, -0.25) is 4.79 Å². The zero-order valence-corrected chi connectivity index (χ0v) is 9.83. The van der Waals surface area contributed by atoms with Crippen LogP contribution in [0.3, 0.4) is 0 Å². The Kier molecular flexibility index (Phi) is 3.61. The molecule has 3 nitrogen and oxygen atoms in total. The van der Waals surface area contributed by atoms with Crippen LogP contribution in [0.25, 0.3) is 0 Å². The van der Waals surface area contributed by atoms with E-state index in [1.165, 1.54) is 25.3 Å². The second-order valence-electron chi connectivity index (χ2n) is 4.30. The van der Waals surface area contributed by atoms with Gasteiger partial charge in [0, 0.05) is 6.04 Å². The van der Waals surface area contributed by atoms with Gasteiger partial charge in [-0.05, 0) is 31.0 Å². The van der Waals surface area contributed by atoms with Gasteiger partial charge in [-0.15, -0.1) is 0 Å². The lowest BCUT2D eigenvalue weighted by molar-refractivity contribution is 0.0934. The standard InChI is InChI=1S/C13H16FNO2/c1-17-12-7-6-9(14)8-11(12)13(16)15-10-4-2-3-5-10/h6-8,10H,2-5H2,1H3,(H,15,16). The number of carbonyl (C=O) groups is 1. The van der Waals surface area contributed by atoms with E-state index in [0.717, 1.165) is 25.7 Å². The predicted molar refractivity (Wildman–Crippen MR) is 62.7 cm³/mol. The zero-order chi connectivity index (χ0) is 12.3. The van der Waals surface area contributed by atoms with Gasteiger partial charge in [0.25, 0.3) is 5.91 Å². The molecule has 0 heterocycles. The summed E-state index contributed by atoms with van der Waals surface area (Å²) < 4.78 is 18.2. The van der Waals surface area contributed by atoms with Crippen molar-refractivity contribution in [2.45, 2.75) is 31.7 Å². The average Bonchev–Trinajstić information content (AvgIpc) is 2.81. The van der Waals surface area contributed by atoms with Crippen LogP contribution in [-0.4, -0.2) is 19.1 Å². The van der Waals surface area contributed by atoms with Crippen LogP contribution >= 0.6 is 0 Å². The molecule has 2 rings (SSSR count). The first-order valence-electron chi connectivity index (χ1n) is 5.85. The number of methoxy groups -OCH3 is 1. The van der Waals surface area contributed by atoms with E-state index in [2.05, 4.69) is 5.32 Å². The number of hydrogen-bond donors (Lipinski definition) is 1. The van der Waals surface area contributed by atoms with Crippen molar-refractivity contribution in [3.63, 3.8) is 0 Å². The summed E-state index contributed by atoms with van der Waals surface area (Å²) in [6.07, 6.45) is 4.29. The van der Waals surface area contributed by atoms with E-state index in [9.17, 15) is 9.18 Å². The van der Waals surface area contributed by atoms with Crippen molar-refractivity contribution in [3.05, 3.63) is 29.6 Å². The fourth-order valence-electron chi connectivity index (χ4n) is 2.19. The third-order valence-electron chi connectivity index (χ3n) is 3.10. The molecule has 1 fully saturated rings. The largest absolute Gasteiger partial charge is 0.496 e. The lowest BCUT2D eigenvalue weighted by atomic mass is 10.1. The van der Waals surface area contributed by atoms with Gasteiger partial charge >= 0.3 is 0 Å². The molecule has 92 valence electrons. The van der Waals surface area contributed by atoms with Crippen LogP contribution in [-0.2, 0) is 0 Å². The molecule has 0 atom stereocenters. The Morgan fingerprint density at radius 1 is 1.41 bits per heavy atom. The maximum absolute atomic E-state index is 13.1. The molecule has 0 aromatic heterocycles. The molecule has 1 aromatic carbocycles. The summed E-state index contributed by atoms with van der Waals surface area (Å²) in [5.41, 5.74) is 0.263. The number of carbonyl (C=O) groups excluding carboxylic acids is 1. The minimum atomic E-state index is -0.428. The molecule has 0 aliphatic heterocycles. The molecule has 1 amide bonds. The third kappa shape index (κ3) is 2.75. The predicted octanol–water partition coefficient (Wildman–Crippen LogP) is 2.51. The van der Waals surface area contributed by atoms with Crippen LogP contribution in [0.2, 0.25) is 0 Å². The molecule has 1 N–H and O–H groups in total. The fourth-order valence-corrected chi connectivity index (χ4v) is 2.19. The highest BCUT2D eigenvalue weighted by Gasteiger charge is 2.20. The van der Waals surface area contributed by atoms with Crippen LogP contribution < -0.4 is 10.1 Å². The van der Waals surface area contributed by atoms with E-state index in [4.69, 9.17) is 4.74 Å². The van der Waals surface area contributed by atoms with Gasteiger partial charge < -0.3 is 10.1 Å². The maximum Gasteiger partial charge on any atom is 0.255 e. The molecular weight excluding hydrogens is 221 g/mol. The normalized spacial score (nSPS) is 15.9. The Morgan fingerprint density at radius 3 is 2.76 bits per heavy atom. The Balaban J connectivity index is 2.14. The smallest absolute Gasteiger partial charge is 0.255 e. The van der Waals surface area contributed by atoms with Gasteiger partial charge in [0.05, 0.1) is 12.7 Å². The van der Waals surface area contributed by atoms with Gasteiger partial charge in [-0.2, -0.15) is 0 Å². The molecular formula is C13H16FNO2. The number of ether oxygens (including phenoxy) is 1. The average molecular weight is 237 g/mol. The van der Waals surface area contributed by atoms with Crippen LogP contribution in [0.5, 0.6) is 5.75 Å². The van der Waals surface area contributed by atoms with E-state index in [1.807, 2.05) is 0 Å². The zero-order valence-electron chi connectivity index (χ0n) is 9.83. The first-order chi connectivity index (χ1) is 8.20. The second-order valence-corrected chi connectivity index (χ2v) is 4.30. The van der Waals surface area contributed by atoms with Gasteiger partial charge in [0.15, 0.2) is 0 Å². The monoisotopic (exact) mass is 237 g/mol. The maximum atomic E-state index is 13.1. The molecule has 0 radical (unpaired) electrons. The highest BCUT2D eigenvalue weighted by atomic mass is 19.1. The fraction of sp³-hybridized carbons (Fsp3) is 0.462. The van der Waals surface area contributed by atoms with Gasteiger partial charge in [-0.25, -0.2) is 4.39 Å². The number of benzene rings is 1. The summed E-state index contributed by atoms with van der Waals surface area (Å²) in [5, 5.41) is 2.91. The number of rotatable bonds is 3. The van der Waals surface area contributed by atoms with Crippen LogP contribution in [0, 0.1) is 5.82 Å². The van der Waals surface area contributed by atoms with Crippen molar-refractivity contribution in [1.82, 2.24) is 5.32 Å². The summed E-state index contributed by atoms with van der Waals surface area (Å²) in [7, 11) is 1.47. The van der Waals surface area contributed by atoms with Gasteiger partial charge in [-0.1, -0.05) is 12.8 Å². The van der Waals surface area contributed by atoms with Gasteiger partial charge in [0.1, 0.15) is 11.6 Å². The SMILES string of the molecule is COc1ccc(F)cc1C(=O)NC1CCCC1. The van der Waals surface area contributed by atoms with Crippen molar-refractivity contribution >= 4 is 5.91 Å². The first kappa shape index (κ1) is 11.9. The molecule has 0 spiro atoms. The van der Waals surface area contributed by atoms with Crippen molar-refractivity contribution in [3.8, 4) is 5.75 Å². The molecule has 1 aliphatic rings. The number of amides is 1. The Bertz CT molecular complexity index is 414. The second kappa shape index (κ2) is 5.17. The Labute approximate surface area is 100.0 Å². The quantitative estimate of drug-likeness (QED) is 0.877. The molecule has 1 aromatic rings. The topological polar surface area (TPSA) is 38.3 Å². The molecule has 0 saturated heterocycles. The highest BCUT2D eigenvalue weighted by Crippen LogP contribution is 2.22. The molecule has 1 saturated carbocycles. The van der Waals surface area contributed by atoms with Gasteiger partial charge in [0.2, 0.25) is 0 Å². The number of halogens is 1. The summed E-state index contributed by atoms with van der Waals surface area (Å²) in [6.45, 7) is 0. The first-order valence-corrected chi connectivity index (χ1v) is 5.85. The Hall–Kier alpha value is -1.58. The molecule has 4 heteroatoms. The molecule has 1 aliphatic carbocycles. The van der Waals surface area contributed by atoms with Crippen LogP contribution in [0.4, 0.5) is 4.39 Å². The Morgan fingerprint density at radius 2 is 2.12 bits per heavy atom. The van der Waals surface area contributed by atoms with Crippen LogP contribution in [0.15, 0.2) is 18.2 Å². The van der Waals surface area contributed by atoms with E-state index in [-0.39, 0.29) is 17.5 Å². The van der Waals surface area contributed by atoms with E-state index < -0.39 is 5.82 Å².